The van der Waals surface area contributed by atoms with E-state index in [4.69, 9.17) is 10.5 Å². The molecule has 0 aliphatic heterocycles. The summed E-state index contributed by atoms with van der Waals surface area (Å²) in [6.07, 6.45) is -0.893. The SMILES string of the molecule is CC(OC(=O)Cc1csc(-c2ccccc2)n1)C(N)=O. The number of rotatable bonds is 5. The Bertz CT molecular complexity index is 610. The van der Waals surface area contributed by atoms with Crippen LogP contribution in [0.5, 0.6) is 0 Å². The van der Waals surface area contributed by atoms with Gasteiger partial charge in [0.1, 0.15) is 5.01 Å². The van der Waals surface area contributed by atoms with Gasteiger partial charge < -0.3 is 10.5 Å². The van der Waals surface area contributed by atoms with Crippen LogP contribution in [0.2, 0.25) is 0 Å². The van der Waals surface area contributed by atoms with Crippen LogP contribution in [-0.4, -0.2) is 23.0 Å². The third kappa shape index (κ3) is 3.64. The van der Waals surface area contributed by atoms with E-state index in [0.717, 1.165) is 10.6 Å². The number of carbonyl (C=O) groups is 2. The fourth-order valence-electron chi connectivity index (χ4n) is 1.55. The lowest BCUT2D eigenvalue weighted by molar-refractivity contribution is -0.153. The molecule has 6 heteroatoms. The molecule has 2 N–H and O–H groups in total. The monoisotopic (exact) mass is 290 g/mol. The molecule has 0 fully saturated rings. The van der Waals surface area contributed by atoms with E-state index in [-0.39, 0.29) is 6.42 Å². The number of hydrogen-bond donors (Lipinski definition) is 1. The molecule has 0 saturated heterocycles. The highest BCUT2D eigenvalue weighted by atomic mass is 32.1. The first-order valence-electron chi connectivity index (χ1n) is 6.05. The molecule has 0 aliphatic carbocycles. The topological polar surface area (TPSA) is 82.3 Å². The highest BCUT2D eigenvalue weighted by Crippen LogP contribution is 2.23. The molecule has 20 heavy (non-hydrogen) atoms. The third-order valence-electron chi connectivity index (χ3n) is 2.61. The molecule has 2 rings (SSSR count). The fraction of sp³-hybridized carbons (Fsp3) is 0.214. The van der Waals surface area contributed by atoms with Gasteiger partial charge >= 0.3 is 5.97 Å². The lowest BCUT2D eigenvalue weighted by Crippen LogP contribution is -2.30. The van der Waals surface area contributed by atoms with Crippen molar-refractivity contribution in [2.75, 3.05) is 0 Å². The number of benzene rings is 1. The van der Waals surface area contributed by atoms with Gasteiger partial charge in [-0.3, -0.25) is 9.59 Å². The second kappa shape index (κ2) is 6.29. The minimum Gasteiger partial charge on any atom is -0.452 e. The fourth-order valence-corrected chi connectivity index (χ4v) is 2.37. The van der Waals surface area contributed by atoms with E-state index in [1.807, 2.05) is 30.3 Å². The van der Waals surface area contributed by atoms with Crippen molar-refractivity contribution in [1.82, 2.24) is 4.98 Å². The maximum Gasteiger partial charge on any atom is 0.312 e. The van der Waals surface area contributed by atoms with Crippen molar-refractivity contribution >= 4 is 23.2 Å². The van der Waals surface area contributed by atoms with E-state index >= 15 is 0 Å². The quantitative estimate of drug-likeness (QED) is 0.851. The molecule has 1 amide bonds. The smallest absolute Gasteiger partial charge is 0.312 e. The number of carbonyl (C=O) groups excluding carboxylic acids is 2. The summed E-state index contributed by atoms with van der Waals surface area (Å²) in [5.74, 6) is -1.18. The molecule has 1 atom stereocenters. The summed E-state index contributed by atoms with van der Waals surface area (Å²) in [4.78, 5) is 26.8. The van der Waals surface area contributed by atoms with Gasteiger partial charge in [-0.05, 0) is 6.92 Å². The molecule has 1 unspecified atom stereocenters. The van der Waals surface area contributed by atoms with Crippen LogP contribution in [0, 0.1) is 0 Å². The van der Waals surface area contributed by atoms with Gasteiger partial charge in [-0.1, -0.05) is 30.3 Å². The van der Waals surface area contributed by atoms with Crippen molar-refractivity contribution in [1.29, 1.82) is 0 Å². The standard InChI is InChI=1S/C14H14N2O3S/c1-9(13(15)18)19-12(17)7-11-8-20-14(16-11)10-5-3-2-4-6-10/h2-6,8-9H,7H2,1H3,(H2,15,18). The Labute approximate surface area is 120 Å². The number of aromatic nitrogens is 1. The van der Waals surface area contributed by atoms with Crippen LogP contribution in [0.4, 0.5) is 0 Å². The van der Waals surface area contributed by atoms with E-state index in [0.29, 0.717) is 5.69 Å². The van der Waals surface area contributed by atoms with Crippen molar-refractivity contribution in [3.05, 3.63) is 41.4 Å². The summed E-state index contributed by atoms with van der Waals surface area (Å²) in [7, 11) is 0. The summed E-state index contributed by atoms with van der Waals surface area (Å²) in [5, 5.41) is 2.65. The molecule has 0 spiro atoms. The highest BCUT2D eigenvalue weighted by Gasteiger charge is 2.16. The average Bonchev–Trinajstić information content (AvgIpc) is 2.88. The number of nitrogens with zero attached hydrogens (tertiary/aromatic N) is 1. The highest BCUT2D eigenvalue weighted by molar-refractivity contribution is 7.13. The molecule has 1 aromatic carbocycles. The first-order chi connectivity index (χ1) is 9.56. The van der Waals surface area contributed by atoms with Crippen molar-refractivity contribution in [2.45, 2.75) is 19.4 Å². The average molecular weight is 290 g/mol. The number of primary amides is 1. The van der Waals surface area contributed by atoms with Crippen LogP contribution in [0.15, 0.2) is 35.7 Å². The summed E-state index contributed by atoms with van der Waals surface area (Å²) in [6, 6.07) is 9.70. The van der Waals surface area contributed by atoms with Crippen LogP contribution < -0.4 is 5.73 Å². The Kier molecular flexibility index (Phi) is 4.47. The van der Waals surface area contributed by atoms with E-state index < -0.39 is 18.0 Å². The zero-order chi connectivity index (χ0) is 14.5. The summed E-state index contributed by atoms with van der Waals surface area (Å²) in [5.41, 5.74) is 6.65. The van der Waals surface area contributed by atoms with Gasteiger partial charge in [0.2, 0.25) is 0 Å². The Hall–Kier alpha value is -2.21. The van der Waals surface area contributed by atoms with Crippen LogP contribution in [-0.2, 0) is 20.7 Å². The van der Waals surface area contributed by atoms with Crippen LogP contribution >= 0.6 is 11.3 Å². The first-order valence-corrected chi connectivity index (χ1v) is 6.93. The maximum absolute atomic E-state index is 11.6. The largest absolute Gasteiger partial charge is 0.452 e. The van der Waals surface area contributed by atoms with Crippen LogP contribution in [0.3, 0.4) is 0 Å². The lowest BCUT2D eigenvalue weighted by atomic mass is 10.2. The second-order valence-corrected chi connectivity index (χ2v) is 5.08. The van der Waals surface area contributed by atoms with Crippen molar-refractivity contribution in [2.24, 2.45) is 5.73 Å². The van der Waals surface area contributed by atoms with E-state index in [9.17, 15) is 9.59 Å². The molecule has 0 radical (unpaired) electrons. The van der Waals surface area contributed by atoms with E-state index in [2.05, 4.69) is 4.98 Å². The second-order valence-electron chi connectivity index (χ2n) is 4.22. The number of nitrogens with two attached hydrogens (primary N) is 1. The molecule has 1 heterocycles. The van der Waals surface area contributed by atoms with Gasteiger partial charge in [-0.2, -0.15) is 0 Å². The Morgan fingerprint density at radius 1 is 1.35 bits per heavy atom. The van der Waals surface area contributed by atoms with Gasteiger partial charge in [-0.15, -0.1) is 11.3 Å². The molecule has 0 bridgehead atoms. The first kappa shape index (κ1) is 14.2. The van der Waals surface area contributed by atoms with E-state index in [1.165, 1.54) is 18.3 Å². The van der Waals surface area contributed by atoms with Crippen LogP contribution in [0.25, 0.3) is 10.6 Å². The van der Waals surface area contributed by atoms with Crippen LogP contribution in [0.1, 0.15) is 12.6 Å². The maximum atomic E-state index is 11.6. The summed E-state index contributed by atoms with van der Waals surface area (Å²) in [6.45, 7) is 1.44. The van der Waals surface area contributed by atoms with Crippen molar-refractivity contribution < 1.29 is 14.3 Å². The van der Waals surface area contributed by atoms with Gasteiger partial charge in [0.15, 0.2) is 6.10 Å². The van der Waals surface area contributed by atoms with Gasteiger partial charge in [-0.25, -0.2) is 4.98 Å². The minimum atomic E-state index is -0.922. The summed E-state index contributed by atoms with van der Waals surface area (Å²) < 4.78 is 4.88. The zero-order valence-corrected chi connectivity index (χ0v) is 11.7. The number of thiazole rings is 1. The Balaban J connectivity index is 2.00. The molecule has 1 aromatic heterocycles. The Morgan fingerprint density at radius 2 is 2.05 bits per heavy atom. The number of esters is 1. The zero-order valence-electron chi connectivity index (χ0n) is 10.9. The Morgan fingerprint density at radius 3 is 2.70 bits per heavy atom. The van der Waals surface area contributed by atoms with E-state index in [1.54, 1.807) is 5.38 Å². The normalized spacial score (nSPS) is 11.8. The molecule has 104 valence electrons. The predicted octanol–water partition coefficient (Wildman–Crippen LogP) is 1.77. The predicted molar refractivity (Wildman–Crippen MR) is 76.0 cm³/mol. The molecular formula is C14H14N2O3S. The number of ether oxygens (including phenoxy) is 1. The molecule has 0 saturated carbocycles. The third-order valence-corrected chi connectivity index (χ3v) is 3.55. The lowest BCUT2D eigenvalue weighted by Gasteiger charge is -2.08. The molecular weight excluding hydrogens is 276 g/mol. The molecule has 0 aliphatic rings. The molecule has 2 aromatic rings. The van der Waals surface area contributed by atoms with Crippen molar-refractivity contribution in [3.63, 3.8) is 0 Å². The minimum absolute atomic E-state index is 0.0287. The summed E-state index contributed by atoms with van der Waals surface area (Å²) >= 11 is 1.46. The van der Waals surface area contributed by atoms with Gasteiger partial charge in [0.05, 0.1) is 12.1 Å². The van der Waals surface area contributed by atoms with Crippen molar-refractivity contribution in [3.8, 4) is 10.6 Å². The van der Waals surface area contributed by atoms with Gasteiger partial charge in [0, 0.05) is 10.9 Å². The number of hydrogen-bond acceptors (Lipinski definition) is 5. The molecule has 5 nitrogen and oxygen atoms in total. The number of amides is 1. The van der Waals surface area contributed by atoms with Gasteiger partial charge in [0.25, 0.3) is 5.91 Å².